The zero-order chi connectivity index (χ0) is 10.1. The smallest absolute Gasteiger partial charge is 0.258 e. The Morgan fingerprint density at radius 1 is 1.50 bits per heavy atom. The van der Waals surface area contributed by atoms with E-state index < -0.39 is 0 Å². The maximum absolute atomic E-state index is 11.6. The predicted molar refractivity (Wildman–Crippen MR) is 55.0 cm³/mol. The molecule has 0 unspecified atom stereocenters. The molecule has 1 aromatic carbocycles. The fourth-order valence-corrected chi connectivity index (χ4v) is 1.40. The van der Waals surface area contributed by atoms with Crippen LogP contribution in [0, 0.1) is 6.92 Å². The van der Waals surface area contributed by atoms with Crippen LogP contribution in [0.25, 0.3) is 10.9 Å². The van der Waals surface area contributed by atoms with Crippen LogP contribution < -0.4 is 11.3 Å². The summed E-state index contributed by atoms with van der Waals surface area (Å²) < 4.78 is 0. The van der Waals surface area contributed by atoms with Gasteiger partial charge in [-0.2, -0.15) is 0 Å². The van der Waals surface area contributed by atoms with Crippen molar-refractivity contribution in [3.63, 3.8) is 0 Å². The molecule has 2 rings (SSSR count). The van der Waals surface area contributed by atoms with E-state index in [1.54, 1.807) is 0 Å². The Hall–Kier alpha value is -1.68. The molecule has 0 saturated heterocycles. The van der Waals surface area contributed by atoms with E-state index in [0.29, 0.717) is 16.7 Å². The minimum Gasteiger partial charge on any atom is -0.324 e. The normalized spacial score (nSPS) is 10.7. The summed E-state index contributed by atoms with van der Waals surface area (Å²) in [6.45, 7) is 2.19. The molecule has 72 valence electrons. The zero-order valence-electron chi connectivity index (χ0n) is 7.87. The monoisotopic (exact) mass is 189 g/mol. The number of fused-ring (bicyclic) bond motifs is 1. The molecule has 0 spiro atoms. The number of H-pyrrole nitrogens is 1. The minimum atomic E-state index is -0.126. The average molecular weight is 189 g/mol. The van der Waals surface area contributed by atoms with Crippen molar-refractivity contribution in [3.8, 4) is 0 Å². The van der Waals surface area contributed by atoms with Crippen molar-refractivity contribution in [2.24, 2.45) is 5.73 Å². The average Bonchev–Trinajstić information content (AvgIpc) is 2.19. The molecule has 0 saturated carbocycles. The minimum absolute atomic E-state index is 0.126. The number of nitrogens with zero attached hydrogens (tertiary/aromatic N) is 1. The Morgan fingerprint density at radius 2 is 2.29 bits per heavy atom. The van der Waals surface area contributed by atoms with E-state index in [1.807, 2.05) is 25.1 Å². The third-order valence-corrected chi connectivity index (χ3v) is 2.10. The Labute approximate surface area is 80.8 Å². The molecular formula is C10H11N3O. The van der Waals surface area contributed by atoms with E-state index in [1.165, 1.54) is 0 Å². The highest BCUT2D eigenvalue weighted by Crippen LogP contribution is 2.08. The maximum Gasteiger partial charge on any atom is 0.258 e. The van der Waals surface area contributed by atoms with Gasteiger partial charge in [0.25, 0.3) is 5.56 Å². The fraction of sp³-hybridized carbons (Fsp3) is 0.200. The quantitative estimate of drug-likeness (QED) is 0.693. The highest BCUT2D eigenvalue weighted by Gasteiger charge is 2.01. The fourth-order valence-electron chi connectivity index (χ4n) is 1.40. The van der Waals surface area contributed by atoms with Gasteiger partial charge in [0.1, 0.15) is 5.82 Å². The molecular weight excluding hydrogens is 178 g/mol. The lowest BCUT2D eigenvalue weighted by Crippen LogP contribution is -2.14. The Balaban J connectivity index is 2.83. The van der Waals surface area contributed by atoms with Crippen LogP contribution >= 0.6 is 0 Å². The number of aromatic nitrogens is 2. The molecule has 3 N–H and O–H groups in total. The molecule has 1 aromatic heterocycles. The molecule has 0 bridgehead atoms. The molecule has 4 nitrogen and oxygen atoms in total. The van der Waals surface area contributed by atoms with Crippen LogP contribution in [0.4, 0.5) is 0 Å². The summed E-state index contributed by atoms with van der Waals surface area (Å²) in [5.74, 6) is 0.520. The molecule has 0 fully saturated rings. The first-order valence-corrected chi connectivity index (χ1v) is 4.40. The molecule has 1 heterocycles. The largest absolute Gasteiger partial charge is 0.324 e. The van der Waals surface area contributed by atoms with E-state index >= 15 is 0 Å². The summed E-state index contributed by atoms with van der Waals surface area (Å²) in [6, 6.07) is 5.58. The predicted octanol–water partition coefficient (Wildman–Crippen LogP) is 0.690. The third kappa shape index (κ3) is 1.40. The molecule has 0 aliphatic heterocycles. The van der Waals surface area contributed by atoms with Gasteiger partial charge in [-0.15, -0.1) is 0 Å². The van der Waals surface area contributed by atoms with Gasteiger partial charge in [-0.25, -0.2) is 4.98 Å². The first-order chi connectivity index (χ1) is 6.70. The van der Waals surface area contributed by atoms with Crippen LogP contribution in [0.1, 0.15) is 11.4 Å². The second-order valence-electron chi connectivity index (χ2n) is 3.24. The number of hydrogen-bond acceptors (Lipinski definition) is 3. The van der Waals surface area contributed by atoms with Gasteiger partial charge in [-0.05, 0) is 19.1 Å². The molecule has 0 amide bonds. The zero-order valence-corrected chi connectivity index (χ0v) is 7.87. The van der Waals surface area contributed by atoms with Crippen LogP contribution in [0.3, 0.4) is 0 Å². The number of aromatic amines is 1. The lowest BCUT2D eigenvalue weighted by atomic mass is 10.2. The lowest BCUT2D eigenvalue weighted by Gasteiger charge is -2.00. The Morgan fingerprint density at radius 3 is 3.00 bits per heavy atom. The van der Waals surface area contributed by atoms with Crippen LogP contribution in [0.2, 0.25) is 0 Å². The molecule has 0 radical (unpaired) electrons. The van der Waals surface area contributed by atoms with Gasteiger partial charge in [-0.1, -0.05) is 11.6 Å². The number of aryl methyl sites for hydroxylation is 1. The SMILES string of the molecule is Cc1ccc2nc(CN)[nH]c(=O)c2c1. The van der Waals surface area contributed by atoms with Crippen LogP contribution in [0.15, 0.2) is 23.0 Å². The molecule has 0 aliphatic carbocycles. The number of rotatable bonds is 1. The van der Waals surface area contributed by atoms with Crippen molar-refractivity contribution in [2.45, 2.75) is 13.5 Å². The number of nitrogens with two attached hydrogens (primary N) is 1. The van der Waals surface area contributed by atoms with Crippen molar-refractivity contribution in [1.82, 2.24) is 9.97 Å². The van der Waals surface area contributed by atoms with E-state index in [0.717, 1.165) is 5.56 Å². The summed E-state index contributed by atoms with van der Waals surface area (Å²) in [7, 11) is 0. The first kappa shape index (κ1) is 8.90. The van der Waals surface area contributed by atoms with Gasteiger partial charge >= 0.3 is 0 Å². The second-order valence-corrected chi connectivity index (χ2v) is 3.24. The van der Waals surface area contributed by atoms with Crippen molar-refractivity contribution in [1.29, 1.82) is 0 Å². The summed E-state index contributed by atoms with van der Waals surface area (Å²) in [4.78, 5) is 18.4. The number of hydrogen-bond donors (Lipinski definition) is 2. The summed E-state index contributed by atoms with van der Waals surface area (Å²) in [5.41, 5.74) is 7.02. The molecule has 14 heavy (non-hydrogen) atoms. The van der Waals surface area contributed by atoms with Gasteiger partial charge in [0.15, 0.2) is 0 Å². The first-order valence-electron chi connectivity index (χ1n) is 4.40. The summed E-state index contributed by atoms with van der Waals surface area (Å²) >= 11 is 0. The van der Waals surface area contributed by atoms with Gasteiger partial charge < -0.3 is 10.7 Å². The van der Waals surface area contributed by atoms with Crippen molar-refractivity contribution >= 4 is 10.9 Å². The van der Waals surface area contributed by atoms with Gasteiger partial charge in [0, 0.05) is 0 Å². The van der Waals surface area contributed by atoms with E-state index in [-0.39, 0.29) is 12.1 Å². The molecule has 2 aromatic rings. The molecule has 4 heteroatoms. The topological polar surface area (TPSA) is 71.8 Å². The molecule has 0 aliphatic rings. The summed E-state index contributed by atoms with van der Waals surface area (Å²) in [5, 5.41) is 0.613. The lowest BCUT2D eigenvalue weighted by molar-refractivity contribution is 0.913. The standard InChI is InChI=1S/C10H11N3O/c1-6-2-3-8-7(4-6)10(14)13-9(5-11)12-8/h2-4H,5,11H2,1H3,(H,12,13,14). The van der Waals surface area contributed by atoms with Crippen molar-refractivity contribution in [2.75, 3.05) is 0 Å². The van der Waals surface area contributed by atoms with Crippen LogP contribution in [0.5, 0.6) is 0 Å². The van der Waals surface area contributed by atoms with E-state index in [9.17, 15) is 4.79 Å². The third-order valence-electron chi connectivity index (χ3n) is 2.10. The highest BCUT2D eigenvalue weighted by molar-refractivity contribution is 5.78. The van der Waals surface area contributed by atoms with Crippen molar-refractivity contribution in [3.05, 3.63) is 39.9 Å². The van der Waals surface area contributed by atoms with Crippen LogP contribution in [-0.4, -0.2) is 9.97 Å². The maximum atomic E-state index is 11.6. The Kier molecular flexibility index (Phi) is 2.05. The van der Waals surface area contributed by atoms with E-state index in [2.05, 4.69) is 9.97 Å². The van der Waals surface area contributed by atoms with Gasteiger partial charge in [0.2, 0.25) is 0 Å². The van der Waals surface area contributed by atoms with Gasteiger partial charge in [0.05, 0.1) is 17.4 Å². The van der Waals surface area contributed by atoms with Crippen LogP contribution in [-0.2, 0) is 6.54 Å². The van der Waals surface area contributed by atoms with Crippen molar-refractivity contribution < 1.29 is 0 Å². The molecule has 0 atom stereocenters. The van der Waals surface area contributed by atoms with E-state index in [4.69, 9.17) is 5.73 Å². The highest BCUT2D eigenvalue weighted by atomic mass is 16.1. The summed E-state index contributed by atoms with van der Waals surface area (Å²) in [6.07, 6.45) is 0. The number of benzene rings is 1. The Bertz CT molecular complexity index is 530. The second kappa shape index (κ2) is 3.23. The van der Waals surface area contributed by atoms with Gasteiger partial charge in [-0.3, -0.25) is 4.79 Å². The number of nitrogens with one attached hydrogen (secondary N) is 1.